The maximum atomic E-state index is 12.6. The van der Waals surface area contributed by atoms with E-state index in [4.69, 9.17) is 0 Å². The molecule has 14 heavy (non-hydrogen) atoms. The Morgan fingerprint density at radius 2 is 1.71 bits per heavy atom. The van der Waals surface area contributed by atoms with Crippen LogP contribution in [0.3, 0.4) is 0 Å². The van der Waals surface area contributed by atoms with Crippen molar-refractivity contribution in [3.8, 4) is 0 Å². The molecule has 86 valence electrons. The molecule has 0 radical (unpaired) electrons. The van der Waals surface area contributed by atoms with Crippen LogP contribution in [-0.2, 0) is 4.74 Å². The Morgan fingerprint density at radius 1 is 1.29 bits per heavy atom. The highest BCUT2D eigenvalue weighted by Gasteiger charge is 2.38. The third kappa shape index (κ3) is 3.46. The SMILES string of the molecule is CC[N+](C)(CC)C(C)OC(F)(F)CF. The summed E-state index contributed by atoms with van der Waals surface area (Å²) in [7, 11) is 1.80. The molecule has 1 atom stereocenters. The maximum absolute atomic E-state index is 12.6. The molecule has 0 aliphatic carbocycles. The summed E-state index contributed by atoms with van der Waals surface area (Å²) in [6, 6.07) is 0. The van der Waals surface area contributed by atoms with Gasteiger partial charge >= 0.3 is 6.11 Å². The van der Waals surface area contributed by atoms with Gasteiger partial charge in [-0.15, -0.1) is 0 Å². The Labute approximate surface area is 83.2 Å². The molecule has 0 aromatic rings. The van der Waals surface area contributed by atoms with E-state index in [0.717, 1.165) is 0 Å². The molecule has 0 amide bonds. The lowest BCUT2D eigenvalue weighted by atomic mass is 10.3. The van der Waals surface area contributed by atoms with Crippen LogP contribution in [0, 0.1) is 0 Å². The third-order valence-corrected chi connectivity index (χ3v) is 2.82. The van der Waals surface area contributed by atoms with Gasteiger partial charge in [-0.1, -0.05) is 0 Å². The molecule has 0 aliphatic rings. The summed E-state index contributed by atoms with van der Waals surface area (Å²) in [6.45, 7) is 4.87. The number of hydrogen-bond acceptors (Lipinski definition) is 1. The number of quaternary nitrogens is 1. The fourth-order valence-electron chi connectivity index (χ4n) is 1.15. The molecule has 0 saturated heterocycles. The van der Waals surface area contributed by atoms with Gasteiger partial charge in [0.2, 0.25) is 0 Å². The molecule has 2 nitrogen and oxygen atoms in total. The largest absolute Gasteiger partial charge is 0.388 e. The molecule has 0 bridgehead atoms. The molecule has 0 aromatic heterocycles. The molecule has 1 unspecified atom stereocenters. The number of nitrogens with zero attached hydrogens (tertiary/aromatic N) is 1. The smallest absolute Gasteiger partial charge is 0.302 e. The fraction of sp³-hybridized carbons (Fsp3) is 1.00. The fourth-order valence-corrected chi connectivity index (χ4v) is 1.15. The quantitative estimate of drug-likeness (QED) is 0.487. The van der Waals surface area contributed by atoms with E-state index in [2.05, 4.69) is 4.74 Å². The predicted octanol–water partition coefficient (Wildman–Crippen LogP) is 2.40. The average Bonchev–Trinajstić information content (AvgIpc) is 2.16. The minimum atomic E-state index is -3.66. The summed E-state index contributed by atoms with van der Waals surface area (Å²) in [5.74, 6) is 0. The Kier molecular flexibility index (Phi) is 4.88. The zero-order valence-electron chi connectivity index (χ0n) is 9.19. The van der Waals surface area contributed by atoms with E-state index >= 15 is 0 Å². The Hall–Kier alpha value is -0.290. The second-order valence-electron chi connectivity index (χ2n) is 3.60. The third-order valence-electron chi connectivity index (χ3n) is 2.82. The van der Waals surface area contributed by atoms with E-state index in [0.29, 0.717) is 17.6 Å². The van der Waals surface area contributed by atoms with Gasteiger partial charge in [-0.2, -0.15) is 8.78 Å². The highest BCUT2D eigenvalue weighted by molar-refractivity contribution is 4.50. The monoisotopic (exact) mass is 214 g/mol. The molecular weight excluding hydrogens is 195 g/mol. The van der Waals surface area contributed by atoms with Crippen molar-refractivity contribution < 1.29 is 22.4 Å². The highest BCUT2D eigenvalue weighted by atomic mass is 19.3. The first-order chi connectivity index (χ1) is 6.31. The number of rotatable bonds is 6. The van der Waals surface area contributed by atoms with Crippen molar-refractivity contribution in [2.45, 2.75) is 33.1 Å². The van der Waals surface area contributed by atoms with E-state index in [1.54, 1.807) is 7.05 Å². The zero-order valence-corrected chi connectivity index (χ0v) is 9.19. The summed E-state index contributed by atoms with van der Waals surface area (Å²) in [4.78, 5) is 0. The van der Waals surface area contributed by atoms with Crippen molar-refractivity contribution in [1.82, 2.24) is 0 Å². The van der Waals surface area contributed by atoms with Crippen LogP contribution >= 0.6 is 0 Å². The summed E-state index contributed by atoms with van der Waals surface area (Å²) in [5.41, 5.74) is 0. The highest BCUT2D eigenvalue weighted by Crippen LogP contribution is 2.22. The number of alkyl halides is 3. The minimum absolute atomic E-state index is 0.343. The van der Waals surface area contributed by atoms with Crippen LogP contribution in [0.15, 0.2) is 0 Å². The minimum Gasteiger partial charge on any atom is -0.302 e. The van der Waals surface area contributed by atoms with Crippen molar-refractivity contribution in [3.63, 3.8) is 0 Å². The van der Waals surface area contributed by atoms with E-state index < -0.39 is 19.0 Å². The van der Waals surface area contributed by atoms with Crippen molar-refractivity contribution in [2.75, 3.05) is 26.8 Å². The summed E-state index contributed by atoms with van der Waals surface area (Å²) < 4.78 is 41.8. The lowest BCUT2D eigenvalue weighted by Crippen LogP contribution is -2.54. The summed E-state index contributed by atoms with van der Waals surface area (Å²) >= 11 is 0. The van der Waals surface area contributed by atoms with Gasteiger partial charge in [0.25, 0.3) is 0 Å². The number of hydrogen-bond donors (Lipinski definition) is 0. The Balaban J connectivity index is 4.39. The van der Waals surface area contributed by atoms with Gasteiger partial charge in [0.05, 0.1) is 20.1 Å². The first kappa shape index (κ1) is 13.7. The van der Waals surface area contributed by atoms with Gasteiger partial charge in [-0.3, -0.25) is 4.74 Å². The molecule has 0 aliphatic heterocycles. The van der Waals surface area contributed by atoms with Crippen molar-refractivity contribution in [3.05, 3.63) is 0 Å². The topological polar surface area (TPSA) is 9.23 Å². The molecular formula is C9H19F3NO+. The van der Waals surface area contributed by atoms with Gasteiger partial charge in [0, 0.05) is 6.92 Å². The molecule has 0 saturated carbocycles. The van der Waals surface area contributed by atoms with Gasteiger partial charge in [0.1, 0.15) is 0 Å². The van der Waals surface area contributed by atoms with Crippen LogP contribution < -0.4 is 0 Å². The molecule has 0 heterocycles. The van der Waals surface area contributed by atoms with Gasteiger partial charge in [-0.05, 0) is 13.8 Å². The van der Waals surface area contributed by atoms with Gasteiger partial charge in [-0.25, -0.2) is 4.39 Å². The van der Waals surface area contributed by atoms with E-state index in [1.807, 2.05) is 13.8 Å². The van der Waals surface area contributed by atoms with E-state index in [-0.39, 0.29) is 0 Å². The van der Waals surface area contributed by atoms with Crippen LogP contribution in [0.4, 0.5) is 13.2 Å². The van der Waals surface area contributed by atoms with Crippen molar-refractivity contribution in [1.29, 1.82) is 0 Å². The second kappa shape index (κ2) is 4.98. The first-order valence-electron chi connectivity index (χ1n) is 4.77. The summed E-state index contributed by atoms with van der Waals surface area (Å²) in [5, 5.41) is 0. The van der Waals surface area contributed by atoms with Crippen LogP contribution in [0.1, 0.15) is 20.8 Å². The average molecular weight is 214 g/mol. The number of ether oxygens (including phenoxy) is 1. The molecule has 0 N–H and O–H groups in total. The normalized spacial score (nSPS) is 15.6. The lowest BCUT2D eigenvalue weighted by Gasteiger charge is -2.38. The van der Waals surface area contributed by atoms with Crippen LogP contribution in [0.2, 0.25) is 0 Å². The van der Waals surface area contributed by atoms with Gasteiger partial charge in [0.15, 0.2) is 12.9 Å². The predicted molar refractivity (Wildman–Crippen MR) is 48.7 cm³/mol. The molecule has 0 fully saturated rings. The second-order valence-corrected chi connectivity index (χ2v) is 3.60. The van der Waals surface area contributed by atoms with E-state index in [9.17, 15) is 13.2 Å². The molecule has 0 rings (SSSR count). The maximum Gasteiger partial charge on any atom is 0.388 e. The first-order valence-corrected chi connectivity index (χ1v) is 4.77. The number of halogens is 3. The Morgan fingerprint density at radius 3 is 2.00 bits per heavy atom. The lowest BCUT2D eigenvalue weighted by molar-refractivity contribution is -0.953. The van der Waals surface area contributed by atoms with Crippen LogP contribution in [-0.4, -0.2) is 43.6 Å². The zero-order chi connectivity index (χ0) is 11.4. The van der Waals surface area contributed by atoms with Crippen LogP contribution in [0.25, 0.3) is 0 Å². The standard InChI is InChI=1S/C9H19F3NO/c1-5-13(4,6-2)8(3)14-9(11,12)7-10/h8H,5-7H2,1-4H3/q+1. The molecule has 5 heteroatoms. The van der Waals surface area contributed by atoms with Crippen molar-refractivity contribution >= 4 is 0 Å². The van der Waals surface area contributed by atoms with E-state index in [1.165, 1.54) is 6.92 Å². The molecule has 0 aromatic carbocycles. The van der Waals surface area contributed by atoms with Crippen molar-refractivity contribution in [2.24, 2.45) is 0 Å². The van der Waals surface area contributed by atoms with Gasteiger partial charge < -0.3 is 4.48 Å². The van der Waals surface area contributed by atoms with Crippen LogP contribution in [0.5, 0.6) is 0 Å². The Bertz CT molecular complexity index is 171. The molecule has 0 spiro atoms. The summed E-state index contributed by atoms with van der Waals surface area (Å²) in [6.07, 6.45) is -4.38.